The van der Waals surface area contributed by atoms with Crippen LogP contribution in [0, 0.1) is 0 Å². The molecule has 1 heterocycles. The maximum atomic E-state index is 11.4. The quantitative estimate of drug-likeness (QED) is 0.770. The number of H-pyrrole nitrogens is 1. The predicted octanol–water partition coefficient (Wildman–Crippen LogP) is 1.39. The first-order chi connectivity index (χ1) is 7.27. The average Bonchev–Trinajstić information content (AvgIpc) is 2.26. The molecule has 0 atom stereocenters. The normalized spacial score (nSPS) is 10.9. The minimum atomic E-state index is -0.0764. The molecule has 0 aromatic carbocycles. The van der Waals surface area contributed by atoms with Crippen molar-refractivity contribution in [2.75, 3.05) is 13.1 Å². The molecule has 0 fully saturated rings. The molecule has 84 valence electrons. The van der Waals surface area contributed by atoms with Gasteiger partial charge in [0.05, 0.1) is 0 Å². The molecule has 0 aliphatic carbocycles. The van der Waals surface area contributed by atoms with Crippen molar-refractivity contribution in [2.24, 2.45) is 0 Å². The van der Waals surface area contributed by atoms with Gasteiger partial charge in [-0.3, -0.25) is 14.7 Å². The molecule has 1 aromatic heterocycles. The zero-order valence-electron chi connectivity index (χ0n) is 9.49. The smallest absolute Gasteiger partial charge is 0.270 e. The molecule has 0 unspecified atom stereocenters. The van der Waals surface area contributed by atoms with Gasteiger partial charge in [0.1, 0.15) is 5.69 Å². The van der Waals surface area contributed by atoms with E-state index in [1.54, 1.807) is 12.4 Å². The van der Waals surface area contributed by atoms with Crippen molar-refractivity contribution < 1.29 is 0 Å². The van der Waals surface area contributed by atoms with Gasteiger partial charge in [-0.05, 0) is 19.5 Å². The highest BCUT2D eigenvalue weighted by atomic mass is 16.1. The van der Waals surface area contributed by atoms with E-state index >= 15 is 0 Å². The maximum Gasteiger partial charge on any atom is 0.270 e. The summed E-state index contributed by atoms with van der Waals surface area (Å²) in [5.74, 6) is 0. The first kappa shape index (κ1) is 11.9. The van der Waals surface area contributed by atoms with Crippen LogP contribution in [0.5, 0.6) is 0 Å². The fraction of sp³-hybridized carbons (Fsp3) is 0.636. The third-order valence-corrected chi connectivity index (χ3v) is 2.43. The van der Waals surface area contributed by atoms with Crippen LogP contribution in [0.3, 0.4) is 0 Å². The van der Waals surface area contributed by atoms with Crippen LogP contribution in [0.4, 0.5) is 0 Å². The fourth-order valence-electron chi connectivity index (χ4n) is 1.44. The molecular weight excluding hydrogens is 190 g/mol. The Morgan fingerprint density at radius 2 is 2.27 bits per heavy atom. The highest BCUT2D eigenvalue weighted by Crippen LogP contribution is 1.99. The van der Waals surface area contributed by atoms with Gasteiger partial charge in [0.2, 0.25) is 0 Å². The monoisotopic (exact) mass is 209 g/mol. The van der Waals surface area contributed by atoms with Crippen molar-refractivity contribution in [3.63, 3.8) is 0 Å². The van der Waals surface area contributed by atoms with Gasteiger partial charge in [-0.15, -0.1) is 0 Å². The molecule has 0 aliphatic rings. The molecule has 0 aliphatic heterocycles. The topological polar surface area (TPSA) is 49.0 Å². The van der Waals surface area contributed by atoms with E-state index in [0.29, 0.717) is 12.2 Å². The van der Waals surface area contributed by atoms with Gasteiger partial charge in [0.25, 0.3) is 5.56 Å². The minimum absolute atomic E-state index is 0.0764. The lowest BCUT2D eigenvalue weighted by atomic mass is 10.3. The molecule has 4 heteroatoms. The number of nitrogens with one attached hydrogen (secondary N) is 1. The van der Waals surface area contributed by atoms with E-state index in [1.165, 1.54) is 12.8 Å². The van der Waals surface area contributed by atoms with Crippen LogP contribution in [0.25, 0.3) is 0 Å². The Labute approximate surface area is 90.3 Å². The Morgan fingerprint density at radius 1 is 1.47 bits per heavy atom. The number of aromatic nitrogens is 2. The molecule has 0 radical (unpaired) electrons. The van der Waals surface area contributed by atoms with E-state index < -0.39 is 0 Å². The van der Waals surface area contributed by atoms with Gasteiger partial charge in [-0.25, -0.2) is 0 Å². The van der Waals surface area contributed by atoms with Crippen LogP contribution in [0.2, 0.25) is 0 Å². The standard InChI is InChI=1S/C11H19N3O/c1-3-5-8-14(4-2)9-10-11(15)13-7-6-12-10/h6-7H,3-5,8-9H2,1-2H3,(H,13,15). The van der Waals surface area contributed by atoms with Gasteiger partial charge in [-0.1, -0.05) is 20.3 Å². The van der Waals surface area contributed by atoms with E-state index in [4.69, 9.17) is 0 Å². The van der Waals surface area contributed by atoms with Gasteiger partial charge < -0.3 is 4.98 Å². The van der Waals surface area contributed by atoms with E-state index in [2.05, 4.69) is 28.7 Å². The Hall–Kier alpha value is -1.16. The molecule has 1 N–H and O–H groups in total. The SMILES string of the molecule is CCCCN(CC)Cc1ncc[nH]c1=O. The predicted molar refractivity (Wildman–Crippen MR) is 60.7 cm³/mol. The van der Waals surface area contributed by atoms with E-state index in [0.717, 1.165) is 13.1 Å². The third kappa shape index (κ3) is 3.83. The third-order valence-electron chi connectivity index (χ3n) is 2.43. The zero-order chi connectivity index (χ0) is 11.1. The molecule has 0 spiro atoms. The molecular formula is C11H19N3O. The number of nitrogens with zero attached hydrogens (tertiary/aromatic N) is 2. The molecule has 4 nitrogen and oxygen atoms in total. The van der Waals surface area contributed by atoms with Gasteiger partial charge in [0, 0.05) is 18.9 Å². The molecule has 0 saturated heterocycles. The van der Waals surface area contributed by atoms with Gasteiger partial charge >= 0.3 is 0 Å². The number of aromatic amines is 1. The van der Waals surface area contributed by atoms with Gasteiger partial charge in [-0.2, -0.15) is 0 Å². The van der Waals surface area contributed by atoms with Crippen LogP contribution < -0.4 is 5.56 Å². The van der Waals surface area contributed by atoms with Gasteiger partial charge in [0.15, 0.2) is 0 Å². The summed E-state index contributed by atoms with van der Waals surface area (Å²) in [6, 6.07) is 0. The summed E-state index contributed by atoms with van der Waals surface area (Å²) >= 11 is 0. The van der Waals surface area contributed by atoms with Crippen molar-refractivity contribution >= 4 is 0 Å². The van der Waals surface area contributed by atoms with Crippen molar-refractivity contribution in [3.8, 4) is 0 Å². The van der Waals surface area contributed by atoms with Crippen molar-refractivity contribution in [2.45, 2.75) is 33.2 Å². The fourth-order valence-corrected chi connectivity index (χ4v) is 1.44. The Kier molecular flexibility index (Phi) is 5.04. The lowest BCUT2D eigenvalue weighted by Crippen LogP contribution is -2.28. The summed E-state index contributed by atoms with van der Waals surface area (Å²) in [6.07, 6.45) is 5.53. The summed E-state index contributed by atoms with van der Waals surface area (Å²) in [5.41, 5.74) is 0.530. The number of rotatable bonds is 6. The molecule has 15 heavy (non-hydrogen) atoms. The molecule has 1 rings (SSSR count). The Bertz CT molecular complexity index is 335. The second-order valence-corrected chi connectivity index (χ2v) is 3.59. The van der Waals surface area contributed by atoms with Crippen LogP contribution >= 0.6 is 0 Å². The zero-order valence-corrected chi connectivity index (χ0v) is 9.49. The van der Waals surface area contributed by atoms with Crippen LogP contribution in [0.1, 0.15) is 32.4 Å². The number of hydrogen-bond acceptors (Lipinski definition) is 3. The first-order valence-corrected chi connectivity index (χ1v) is 5.52. The summed E-state index contributed by atoms with van der Waals surface area (Å²) in [6.45, 7) is 6.90. The van der Waals surface area contributed by atoms with Crippen molar-refractivity contribution in [1.82, 2.24) is 14.9 Å². The highest BCUT2D eigenvalue weighted by Gasteiger charge is 2.06. The van der Waals surface area contributed by atoms with E-state index in [1.807, 2.05) is 0 Å². The molecule has 0 saturated carbocycles. The summed E-state index contributed by atoms with van der Waals surface area (Å²) < 4.78 is 0. The van der Waals surface area contributed by atoms with Crippen LogP contribution in [0.15, 0.2) is 17.2 Å². The van der Waals surface area contributed by atoms with Crippen molar-refractivity contribution in [3.05, 3.63) is 28.4 Å². The largest absolute Gasteiger partial charge is 0.326 e. The van der Waals surface area contributed by atoms with E-state index in [9.17, 15) is 4.79 Å². The number of unbranched alkanes of at least 4 members (excludes halogenated alkanes) is 1. The Balaban J connectivity index is 2.58. The van der Waals surface area contributed by atoms with E-state index in [-0.39, 0.29) is 5.56 Å². The maximum absolute atomic E-state index is 11.4. The second kappa shape index (κ2) is 6.35. The number of hydrogen-bond donors (Lipinski definition) is 1. The Morgan fingerprint density at radius 3 is 2.87 bits per heavy atom. The summed E-state index contributed by atoms with van der Waals surface area (Å²) in [4.78, 5) is 20.4. The lowest BCUT2D eigenvalue weighted by molar-refractivity contribution is 0.271. The van der Waals surface area contributed by atoms with Crippen LogP contribution in [-0.2, 0) is 6.54 Å². The molecule has 0 bridgehead atoms. The average molecular weight is 209 g/mol. The minimum Gasteiger partial charge on any atom is -0.326 e. The van der Waals surface area contributed by atoms with Crippen LogP contribution in [-0.4, -0.2) is 28.0 Å². The van der Waals surface area contributed by atoms with Crippen molar-refractivity contribution in [1.29, 1.82) is 0 Å². The highest BCUT2D eigenvalue weighted by molar-refractivity contribution is 4.95. The second-order valence-electron chi connectivity index (χ2n) is 3.59. The molecule has 0 amide bonds. The summed E-state index contributed by atoms with van der Waals surface area (Å²) in [5, 5.41) is 0. The summed E-state index contributed by atoms with van der Waals surface area (Å²) in [7, 11) is 0. The first-order valence-electron chi connectivity index (χ1n) is 5.52. The molecule has 1 aromatic rings. The lowest BCUT2D eigenvalue weighted by Gasteiger charge is -2.18.